The number of anilines is 1. The van der Waals surface area contributed by atoms with Gasteiger partial charge in [-0.1, -0.05) is 12.1 Å². The van der Waals surface area contributed by atoms with Crippen molar-refractivity contribution in [2.75, 3.05) is 51.8 Å². The van der Waals surface area contributed by atoms with Gasteiger partial charge in [0, 0.05) is 52.1 Å². The highest BCUT2D eigenvalue weighted by molar-refractivity contribution is 14.0. The Kier molecular flexibility index (Phi) is 12.0. The van der Waals surface area contributed by atoms with Crippen molar-refractivity contribution in [3.63, 3.8) is 0 Å². The van der Waals surface area contributed by atoms with Crippen LogP contribution in [0.3, 0.4) is 0 Å². The van der Waals surface area contributed by atoms with Crippen molar-refractivity contribution >= 4 is 41.7 Å². The average molecular weight is 545 g/mol. The van der Waals surface area contributed by atoms with Crippen LogP contribution in [-0.2, 0) is 16.0 Å². The van der Waals surface area contributed by atoms with Gasteiger partial charge < -0.3 is 30.3 Å². The summed E-state index contributed by atoms with van der Waals surface area (Å²) in [5.74, 6) is 0.751. The van der Waals surface area contributed by atoms with Gasteiger partial charge >= 0.3 is 6.03 Å². The minimum absolute atomic E-state index is 0. The molecular weight excluding hydrogens is 509 g/mol. The summed E-state index contributed by atoms with van der Waals surface area (Å²) < 4.78 is 11.2. The number of halogens is 1. The third-order valence-corrected chi connectivity index (χ3v) is 5.34. The van der Waals surface area contributed by atoms with Gasteiger partial charge in [0.2, 0.25) is 0 Å². The Hall–Kier alpha value is -1.59. The quantitative estimate of drug-likeness (QED) is 0.192. The number of ether oxygens (including phenoxy) is 2. The molecule has 1 aromatic carbocycles. The van der Waals surface area contributed by atoms with Gasteiger partial charge in [-0.15, -0.1) is 24.0 Å². The van der Waals surface area contributed by atoms with E-state index in [9.17, 15) is 4.79 Å². The minimum Gasteiger partial charge on any atom is -0.379 e. The molecule has 0 bridgehead atoms. The molecule has 9 heteroatoms. The average Bonchev–Trinajstić information content (AvgIpc) is 3.47. The molecule has 3 rings (SSSR count). The number of hydrogen-bond donors (Lipinski definition) is 3. The second kappa shape index (κ2) is 14.5. The molecule has 0 aliphatic carbocycles. The van der Waals surface area contributed by atoms with Crippen LogP contribution in [0.25, 0.3) is 0 Å². The molecule has 2 saturated heterocycles. The summed E-state index contributed by atoms with van der Waals surface area (Å²) in [6, 6.07) is 7.88. The molecule has 2 fully saturated rings. The van der Waals surface area contributed by atoms with E-state index in [1.807, 2.05) is 29.2 Å². The second-order valence-corrected chi connectivity index (χ2v) is 7.74. The normalized spacial score (nSPS) is 18.5. The van der Waals surface area contributed by atoms with Gasteiger partial charge in [-0.3, -0.25) is 4.99 Å². The van der Waals surface area contributed by atoms with Gasteiger partial charge in [0.15, 0.2) is 5.96 Å². The summed E-state index contributed by atoms with van der Waals surface area (Å²) >= 11 is 0. The molecule has 0 spiro atoms. The van der Waals surface area contributed by atoms with Crippen LogP contribution in [0.1, 0.15) is 37.7 Å². The molecule has 1 atom stereocenters. The maximum atomic E-state index is 12.3. The van der Waals surface area contributed by atoms with Crippen molar-refractivity contribution in [1.29, 1.82) is 0 Å². The lowest BCUT2D eigenvalue weighted by atomic mass is 10.2. The highest BCUT2D eigenvalue weighted by Crippen LogP contribution is 2.14. The molecule has 0 radical (unpaired) electrons. The molecule has 31 heavy (non-hydrogen) atoms. The number of amides is 2. The molecular formula is C22H36IN5O3. The number of carbonyl (C=O) groups excluding carboxylic acids is 1. The number of hydrogen-bond acceptors (Lipinski definition) is 4. The van der Waals surface area contributed by atoms with Crippen LogP contribution in [0.15, 0.2) is 29.3 Å². The molecule has 2 heterocycles. The van der Waals surface area contributed by atoms with E-state index in [-0.39, 0.29) is 36.1 Å². The van der Waals surface area contributed by atoms with Crippen LogP contribution in [0.5, 0.6) is 0 Å². The van der Waals surface area contributed by atoms with E-state index in [0.29, 0.717) is 19.8 Å². The van der Waals surface area contributed by atoms with Crippen LogP contribution >= 0.6 is 24.0 Å². The van der Waals surface area contributed by atoms with Crippen LogP contribution in [0.2, 0.25) is 0 Å². The Labute approximate surface area is 202 Å². The van der Waals surface area contributed by atoms with Crippen molar-refractivity contribution in [2.24, 2.45) is 4.99 Å². The van der Waals surface area contributed by atoms with Gasteiger partial charge in [-0.2, -0.15) is 0 Å². The van der Waals surface area contributed by atoms with Crippen molar-refractivity contribution in [1.82, 2.24) is 15.5 Å². The van der Waals surface area contributed by atoms with Gasteiger partial charge in [0.25, 0.3) is 0 Å². The number of urea groups is 1. The van der Waals surface area contributed by atoms with Crippen LogP contribution in [0.4, 0.5) is 10.5 Å². The smallest absolute Gasteiger partial charge is 0.321 e. The predicted molar refractivity (Wildman–Crippen MR) is 134 cm³/mol. The molecule has 0 saturated carbocycles. The lowest BCUT2D eigenvalue weighted by Gasteiger charge is -2.17. The Morgan fingerprint density at radius 2 is 2.10 bits per heavy atom. The maximum absolute atomic E-state index is 12.3. The van der Waals surface area contributed by atoms with E-state index in [1.54, 1.807) is 7.05 Å². The van der Waals surface area contributed by atoms with E-state index in [2.05, 4.69) is 20.9 Å². The molecule has 174 valence electrons. The molecule has 2 aliphatic rings. The second-order valence-electron chi connectivity index (χ2n) is 7.74. The number of rotatable bonds is 9. The summed E-state index contributed by atoms with van der Waals surface area (Å²) in [7, 11) is 1.76. The van der Waals surface area contributed by atoms with Gasteiger partial charge in [0.1, 0.15) is 0 Å². The first-order chi connectivity index (χ1) is 14.7. The summed E-state index contributed by atoms with van der Waals surface area (Å²) in [5, 5.41) is 9.61. The molecule has 0 aromatic heterocycles. The third-order valence-electron chi connectivity index (χ3n) is 5.34. The zero-order valence-corrected chi connectivity index (χ0v) is 20.7. The van der Waals surface area contributed by atoms with Gasteiger partial charge in [-0.25, -0.2) is 4.79 Å². The monoisotopic (exact) mass is 545 g/mol. The Bertz CT molecular complexity index is 691. The van der Waals surface area contributed by atoms with E-state index in [0.717, 1.165) is 75.6 Å². The number of likely N-dealkylation sites (tertiary alicyclic amines) is 1. The number of nitrogens with zero attached hydrogens (tertiary/aromatic N) is 2. The highest BCUT2D eigenvalue weighted by atomic mass is 127. The molecule has 2 aliphatic heterocycles. The number of carbonyl (C=O) groups is 1. The zero-order valence-electron chi connectivity index (χ0n) is 18.4. The number of aliphatic imine (C=N–C) groups is 1. The fourth-order valence-corrected chi connectivity index (χ4v) is 3.66. The maximum Gasteiger partial charge on any atom is 0.321 e. The minimum atomic E-state index is -0.0169. The highest BCUT2D eigenvalue weighted by Gasteiger charge is 2.17. The summed E-state index contributed by atoms with van der Waals surface area (Å²) in [6.07, 6.45) is 5.62. The van der Waals surface area contributed by atoms with Gasteiger partial charge in [0.05, 0.1) is 12.7 Å². The molecule has 8 nitrogen and oxygen atoms in total. The lowest BCUT2D eigenvalue weighted by Crippen LogP contribution is -2.37. The predicted octanol–water partition coefficient (Wildman–Crippen LogP) is 3.18. The molecule has 2 amide bonds. The molecule has 1 aromatic rings. The lowest BCUT2D eigenvalue weighted by molar-refractivity contribution is 0.0168. The fraction of sp³-hybridized carbons (Fsp3) is 0.636. The first kappa shape index (κ1) is 25.7. The van der Waals surface area contributed by atoms with Crippen LogP contribution in [-0.4, -0.2) is 69.5 Å². The Morgan fingerprint density at radius 3 is 2.84 bits per heavy atom. The number of guanidine groups is 1. The van der Waals surface area contributed by atoms with Crippen molar-refractivity contribution in [2.45, 2.75) is 44.8 Å². The molecule has 3 N–H and O–H groups in total. The number of nitrogens with one attached hydrogen (secondary N) is 3. The molecule has 1 unspecified atom stereocenters. The van der Waals surface area contributed by atoms with Crippen LogP contribution in [0, 0.1) is 0 Å². The fourth-order valence-electron chi connectivity index (χ4n) is 3.66. The standard InChI is InChI=1S/C22H35N5O3.HI/c1-23-21(24-10-6-13-29-17-20-9-5-14-30-20)25-16-18-7-4-8-19(15-18)26-22(28)27-11-2-3-12-27;/h4,7-8,15,20H,2-3,5-6,9-14,16-17H2,1H3,(H,26,28)(H2,23,24,25);1H. The van der Waals surface area contributed by atoms with E-state index in [1.165, 1.54) is 0 Å². The largest absolute Gasteiger partial charge is 0.379 e. The summed E-state index contributed by atoms with van der Waals surface area (Å²) in [5.41, 5.74) is 1.90. The van der Waals surface area contributed by atoms with Crippen molar-refractivity contribution < 1.29 is 14.3 Å². The number of benzene rings is 1. The van der Waals surface area contributed by atoms with E-state index >= 15 is 0 Å². The Balaban J connectivity index is 0.00000341. The summed E-state index contributed by atoms with van der Waals surface area (Å²) in [4.78, 5) is 18.4. The van der Waals surface area contributed by atoms with Crippen molar-refractivity contribution in [3.05, 3.63) is 29.8 Å². The zero-order chi connectivity index (χ0) is 21.0. The van der Waals surface area contributed by atoms with Gasteiger partial charge in [-0.05, 0) is 49.8 Å². The van der Waals surface area contributed by atoms with Crippen LogP contribution < -0.4 is 16.0 Å². The topological polar surface area (TPSA) is 87.2 Å². The SMILES string of the molecule is CN=C(NCCCOCC1CCCO1)NCc1cccc(NC(=O)N2CCCC2)c1.I. The van der Waals surface area contributed by atoms with E-state index in [4.69, 9.17) is 9.47 Å². The van der Waals surface area contributed by atoms with Crippen molar-refractivity contribution in [3.8, 4) is 0 Å². The first-order valence-corrected chi connectivity index (χ1v) is 11.0. The third kappa shape index (κ3) is 9.20. The van der Waals surface area contributed by atoms with E-state index < -0.39 is 0 Å². The Morgan fingerprint density at radius 1 is 1.26 bits per heavy atom. The summed E-state index contributed by atoms with van der Waals surface area (Å²) in [6.45, 7) is 5.37. The first-order valence-electron chi connectivity index (χ1n) is 11.0.